The number of aromatic nitrogens is 2. The van der Waals surface area contributed by atoms with Crippen LogP contribution < -0.4 is 16.4 Å². The molecule has 0 saturated heterocycles. The largest absolute Gasteiger partial charge is 0.417 e. The Kier molecular flexibility index (Phi) is 5.73. The number of benzene rings is 2. The highest BCUT2D eigenvalue weighted by molar-refractivity contribution is 7.18. The summed E-state index contributed by atoms with van der Waals surface area (Å²) in [5.74, 6) is -1.10. The second kappa shape index (κ2) is 8.51. The van der Waals surface area contributed by atoms with Crippen LogP contribution in [0.5, 0.6) is 0 Å². The minimum absolute atomic E-state index is 0.222. The van der Waals surface area contributed by atoms with Crippen LogP contribution in [0.1, 0.15) is 31.8 Å². The maximum atomic E-state index is 13.2. The van der Waals surface area contributed by atoms with E-state index in [9.17, 15) is 22.8 Å². The number of anilines is 3. The molecule has 0 radical (unpaired) electrons. The van der Waals surface area contributed by atoms with E-state index in [2.05, 4.69) is 20.6 Å². The molecule has 2 amide bonds. The van der Waals surface area contributed by atoms with Gasteiger partial charge in [-0.3, -0.25) is 9.59 Å². The number of nitrogen functional groups attached to an aromatic ring is 1. The van der Waals surface area contributed by atoms with E-state index in [1.54, 1.807) is 18.4 Å². The van der Waals surface area contributed by atoms with Gasteiger partial charge < -0.3 is 16.4 Å². The average Bonchev–Trinajstić information content (AvgIpc) is 3.21. The van der Waals surface area contributed by atoms with Crippen LogP contribution >= 0.6 is 11.3 Å². The van der Waals surface area contributed by atoms with E-state index in [1.165, 1.54) is 41.9 Å². The number of alkyl halides is 3. The van der Waals surface area contributed by atoms with Crippen LogP contribution in [0.15, 0.2) is 54.2 Å². The molecule has 4 N–H and O–H groups in total. The minimum Gasteiger partial charge on any atom is -0.382 e. The number of thiophene rings is 1. The zero-order chi connectivity index (χ0) is 23.8. The van der Waals surface area contributed by atoms with Gasteiger partial charge in [-0.1, -0.05) is 18.2 Å². The first-order valence-corrected chi connectivity index (χ1v) is 10.4. The maximum Gasteiger partial charge on any atom is 0.417 e. The van der Waals surface area contributed by atoms with Gasteiger partial charge in [0.15, 0.2) is 0 Å². The Labute approximate surface area is 189 Å². The number of carbonyl (C=O) groups is 2. The number of carbonyl (C=O) groups excluding carboxylic acids is 2. The van der Waals surface area contributed by atoms with Crippen molar-refractivity contribution in [2.24, 2.45) is 0 Å². The Morgan fingerprint density at radius 2 is 1.73 bits per heavy atom. The summed E-state index contributed by atoms with van der Waals surface area (Å²) in [5.41, 5.74) is 6.28. The molecule has 33 heavy (non-hydrogen) atoms. The minimum atomic E-state index is -4.67. The van der Waals surface area contributed by atoms with Crippen molar-refractivity contribution >= 4 is 50.6 Å². The highest BCUT2D eigenvalue weighted by Crippen LogP contribution is 2.33. The number of nitrogens with two attached hydrogens (primary N) is 1. The molecular formula is C22H16F3N5O2S. The Morgan fingerprint density at radius 1 is 1.00 bits per heavy atom. The van der Waals surface area contributed by atoms with Crippen molar-refractivity contribution in [3.05, 3.63) is 76.4 Å². The standard InChI is InChI=1S/C22H16F3N5O2S/c1-11-6-7-12(29-20(31)13-4-2-3-5-15(13)22(23,24)25)8-16(11)30-21(32)14-9-33-18-17(14)27-10-28-19(18)26/h2-10H,1H3,(H,29,31)(H,30,32)(H2,26,27,28). The highest BCUT2D eigenvalue weighted by Gasteiger charge is 2.34. The number of halogens is 3. The molecule has 0 aliphatic rings. The third-order valence-electron chi connectivity index (χ3n) is 4.85. The Hall–Kier alpha value is -3.99. The quantitative estimate of drug-likeness (QED) is 0.383. The zero-order valence-corrected chi connectivity index (χ0v) is 17.8. The van der Waals surface area contributed by atoms with Crippen LogP contribution in [0.4, 0.5) is 30.4 Å². The lowest BCUT2D eigenvalue weighted by molar-refractivity contribution is -0.137. The number of amides is 2. The van der Waals surface area contributed by atoms with Crippen molar-refractivity contribution in [1.29, 1.82) is 0 Å². The van der Waals surface area contributed by atoms with E-state index in [4.69, 9.17) is 5.73 Å². The lowest BCUT2D eigenvalue weighted by Gasteiger charge is -2.14. The number of nitrogens with one attached hydrogen (secondary N) is 2. The Morgan fingerprint density at radius 3 is 2.48 bits per heavy atom. The first kappa shape index (κ1) is 22.2. The lowest BCUT2D eigenvalue weighted by atomic mass is 10.1. The van der Waals surface area contributed by atoms with Gasteiger partial charge in [-0.2, -0.15) is 13.2 Å². The van der Waals surface area contributed by atoms with Crippen molar-refractivity contribution in [2.45, 2.75) is 13.1 Å². The molecule has 4 aromatic rings. The first-order chi connectivity index (χ1) is 15.6. The predicted molar refractivity (Wildman–Crippen MR) is 120 cm³/mol. The van der Waals surface area contributed by atoms with Crippen LogP contribution in [-0.2, 0) is 6.18 Å². The molecule has 0 unspecified atom stereocenters. The number of nitrogens with zero attached hydrogens (tertiary/aromatic N) is 2. The van der Waals surface area contributed by atoms with Crippen LogP contribution in [0.25, 0.3) is 10.2 Å². The molecule has 2 aromatic carbocycles. The fraction of sp³-hybridized carbons (Fsp3) is 0.0909. The van der Waals surface area contributed by atoms with Crippen molar-refractivity contribution in [1.82, 2.24) is 9.97 Å². The number of hydrogen-bond acceptors (Lipinski definition) is 6. The third kappa shape index (κ3) is 4.48. The smallest absolute Gasteiger partial charge is 0.382 e. The summed E-state index contributed by atoms with van der Waals surface area (Å²) in [4.78, 5) is 33.4. The van der Waals surface area contributed by atoms with Crippen molar-refractivity contribution in [3.8, 4) is 0 Å². The highest BCUT2D eigenvalue weighted by atomic mass is 32.1. The van der Waals surface area contributed by atoms with Crippen molar-refractivity contribution in [2.75, 3.05) is 16.4 Å². The Balaban J connectivity index is 1.58. The van der Waals surface area contributed by atoms with Crippen LogP contribution in [0, 0.1) is 6.92 Å². The summed E-state index contributed by atoms with van der Waals surface area (Å²) in [6, 6.07) is 9.15. The van der Waals surface area contributed by atoms with Gasteiger partial charge in [0.1, 0.15) is 12.1 Å². The topological polar surface area (TPSA) is 110 Å². The van der Waals surface area contributed by atoms with Gasteiger partial charge >= 0.3 is 6.18 Å². The maximum absolute atomic E-state index is 13.2. The molecule has 0 atom stereocenters. The van der Waals surface area contributed by atoms with Gasteiger partial charge in [0.2, 0.25) is 0 Å². The molecule has 0 bridgehead atoms. The van der Waals surface area contributed by atoms with Crippen LogP contribution in [0.3, 0.4) is 0 Å². The molecule has 4 rings (SSSR count). The first-order valence-electron chi connectivity index (χ1n) is 9.52. The van der Waals surface area contributed by atoms with Gasteiger partial charge in [-0.25, -0.2) is 9.97 Å². The fourth-order valence-electron chi connectivity index (χ4n) is 3.18. The molecule has 168 valence electrons. The van der Waals surface area contributed by atoms with E-state index in [0.717, 1.165) is 12.1 Å². The molecule has 0 aliphatic carbocycles. The number of hydrogen-bond donors (Lipinski definition) is 3. The third-order valence-corrected chi connectivity index (χ3v) is 5.84. The molecule has 2 heterocycles. The molecule has 0 aliphatic heterocycles. The predicted octanol–water partition coefficient (Wildman–Crippen LogP) is 5.11. The summed E-state index contributed by atoms with van der Waals surface area (Å²) >= 11 is 1.24. The summed E-state index contributed by atoms with van der Waals surface area (Å²) in [6.07, 6.45) is -3.40. The zero-order valence-electron chi connectivity index (χ0n) is 17.0. The summed E-state index contributed by atoms with van der Waals surface area (Å²) < 4.78 is 40.3. The summed E-state index contributed by atoms with van der Waals surface area (Å²) in [7, 11) is 0. The molecular weight excluding hydrogens is 455 g/mol. The second-order valence-corrected chi connectivity index (χ2v) is 7.95. The van der Waals surface area contributed by atoms with E-state index in [0.29, 0.717) is 27.0 Å². The summed E-state index contributed by atoms with van der Waals surface area (Å²) in [5, 5.41) is 6.82. The van der Waals surface area contributed by atoms with E-state index >= 15 is 0 Å². The lowest BCUT2D eigenvalue weighted by Crippen LogP contribution is -2.19. The van der Waals surface area contributed by atoms with Crippen molar-refractivity contribution in [3.63, 3.8) is 0 Å². The van der Waals surface area contributed by atoms with Crippen LogP contribution in [-0.4, -0.2) is 21.8 Å². The second-order valence-electron chi connectivity index (χ2n) is 7.07. The Bertz CT molecular complexity index is 1380. The van der Waals surface area contributed by atoms with Crippen LogP contribution in [0.2, 0.25) is 0 Å². The molecule has 0 spiro atoms. The SMILES string of the molecule is Cc1ccc(NC(=O)c2ccccc2C(F)(F)F)cc1NC(=O)c1csc2c(N)ncnc12. The van der Waals surface area contributed by atoms with E-state index in [1.807, 2.05) is 0 Å². The monoisotopic (exact) mass is 471 g/mol. The van der Waals surface area contributed by atoms with Gasteiger partial charge in [0.25, 0.3) is 11.8 Å². The van der Waals surface area contributed by atoms with E-state index in [-0.39, 0.29) is 11.5 Å². The molecule has 7 nitrogen and oxygen atoms in total. The normalized spacial score (nSPS) is 11.4. The molecule has 0 saturated carbocycles. The average molecular weight is 471 g/mol. The van der Waals surface area contributed by atoms with Crippen molar-refractivity contribution < 1.29 is 22.8 Å². The summed E-state index contributed by atoms with van der Waals surface area (Å²) in [6.45, 7) is 1.74. The van der Waals surface area contributed by atoms with Gasteiger partial charge in [-0.05, 0) is 36.8 Å². The van der Waals surface area contributed by atoms with Gasteiger partial charge in [0, 0.05) is 16.8 Å². The molecule has 0 fully saturated rings. The number of aryl methyl sites for hydroxylation is 1. The molecule has 11 heteroatoms. The molecule has 2 aromatic heterocycles. The number of rotatable bonds is 4. The van der Waals surface area contributed by atoms with E-state index < -0.39 is 29.1 Å². The van der Waals surface area contributed by atoms with Gasteiger partial charge in [-0.15, -0.1) is 11.3 Å². The number of fused-ring (bicyclic) bond motifs is 1. The van der Waals surface area contributed by atoms with Gasteiger partial charge in [0.05, 0.1) is 26.9 Å². The fourth-order valence-corrected chi connectivity index (χ4v) is 4.08.